The number of rotatable bonds is 6. The summed E-state index contributed by atoms with van der Waals surface area (Å²) < 4.78 is 27.9. The minimum absolute atomic E-state index is 0. The molecule has 2 N–H and O–H groups in total. The van der Waals surface area contributed by atoms with Crippen LogP contribution in [0.3, 0.4) is 0 Å². The highest BCUT2D eigenvalue weighted by atomic mass is 79.9. The Balaban J connectivity index is 0.00000256. The SMILES string of the molecule is CCNCCNS(=O)(=O)c1scc(Br)c1Br.Cl. The quantitative estimate of drug-likeness (QED) is 0.685. The van der Waals surface area contributed by atoms with E-state index in [1.165, 1.54) is 11.3 Å². The number of sulfonamides is 1. The van der Waals surface area contributed by atoms with Gasteiger partial charge in [0.1, 0.15) is 4.21 Å². The maximum Gasteiger partial charge on any atom is 0.251 e. The van der Waals surface area contributed by atoms with E-state index in [4.69, 9.17) is 0 Å². The number of hydrogen-bond acceptors (Lipinski definition) is 4. The molecule has 0 atom stereocenters. The van der Waals surface area contributed by atoms with Crippen LogP contribution in [0.15, 0.2) is 18.5 Å². The fourth-order valence-corrected chi connectivity index (χ4v) is 5.15. The standard InChI is InChI=1S/C8H12Br2N2O2S2.ClH/c1-2-11-3-4-12-16(13,14)8-7(10)6(9)5-15-8;/h5,11-12H,2-4H2,1H3;1H. The number of nitrogens with one attached hydrogen (secondary N) is 2. The summed E-state index contributed by atoms with van der Waals surface area (Å²) >= 11 is 7.68. The molecule has 0 aromatic carbocycles. The van der Waals surface area contributed by atoms with E-state index in [0.717, 1.165) is 11.0 Å². The van der Waals surface area contributed by atoms with Crippen LogP contribution in [-0.2, 0) is 10.0 Å². The Morgan fingerprint density at radius 1 is 1.35 bits per heavy atom. The lowest BCUT2D eigenvalue weighted by Crippen LogP contribution is -2.31. The fraction of sp³-hybridized carbons (Fsp3) is 0.500. The predicted molar refractivity (Wildman–Crippen MR) is 80.7 cm³/mol. The normalized spacial score (nSPS) is 11.2. The summed E-state index contributed by atoms with van der Waals surface area (Å²) in [6, 6.07) is 0. The summed E-state index contributed by atoms with van der Waals surface area (Å²) in [7, 11) is -3.40. The first-order valence-corrected chi connectivity index (χ1v) is 8.56. The number of likely N-dealkylation sites (N-methyl/N-ethyl adjacent to an activating group) is 1. The molecule has 0 saturated carbocycles. The van der Waals surface area contributed by atoms with Gasteiger partial charge in [0, 0.05) is 22.9 Å². The van der Waals surface area contributed by atoms with Crippen molar-refractivity contribution in [1.29, 1.82) is 0 Å². The van der Waals surface area contributed by atoms with Gasteiger partial charge in [0.25, 0.3) is 10.0 Å². The molecule has 1 aromatic heterocycles. The van der Waals surface area contributed by atoms with Crippen LogP contribution >= 0.6 is 55.6 Å². The van der Waals surface area contributed by atoms with Gasteiger partial charge in [-0.3, -0.25) is 0 Å². The number of hydrogen-bond donors (Lipinski definition) is 2. The third-order valence-corrected chi connectivity index (χ3v) is 7.55. The Kier molecular flexibility index (Phi) is 8.47. The molecule has 4 nitrogen and oxygen atoms in total. The topological polar surface area (TPSA) is 58.2 Å². The Morgan fingerprint density at radius 3 is 2.47 bits per heavy atom. The zero-order valence-electron chi connectivity index (χ0n) is 9.00. The van der Waals surface area contributed by atoms with Gasteiger partial charge in [-0.15, -0.1) is 23.7 Å². The highest BCUT2D eigenvalue weighted by Crippen LogP contribution is 2.35. The summed E-state index contributed by atoms with van der Waals surface area (Å²) in [5.41, 5.74) is 0. The van der Waals surface area contributed by atoms with Gasteiger partial charge in [0.2, 0.25) is 0 Å². The van der Waals surface area contributed by atoms with Crippen molar-refractivity contribution in [2.45, 2.75) is 11.1 Å². The second-order valence-electron chi connectivity index (χ2n) is 2.94. The molecule has 1 heterocycles. The summed E-state index contributed by atoms with van der Waals surface area (Å²) in [5, 5.41) is 4.79. The molecular formula is C8H13Br2ClN2O2S2. The van der Waals surface area contributed by atoms with Crippen LogP contribution in [-0.4, -0.2) is 28.1 Å². The molecule has 9 heteroatoms. The van der Waals surface area contributed by atoms with Crippen molar-refractivity contribution in [2.75, 3.05) is 19.6 Å². The van der Waals surface area contributed by atoms with Gasteiger partial charge in [-0.05, 0) is 38.4 Å². The van der Waals surface area contributed by atoms with Crippen LogP contribution in [0.4, 0.5) is 0 Å². The predicted octanol–water partition coefficient (Wildman–Crippen LogP) is 2.58. The maximum atomic E-state index is 11.9. The minimum atomic E-state index is -3.40. The van der Waals surface area contributed by atoms with Crippen LogP contribution in [0.25, 0.3) is 0 Å². The lowest BCUT2D eigenvalue weighted by Gasteiger charge is -2.05. The highest BCUT2D eigenvalue weighted by Gasteiger charge is 2.20. The molecule has 0 saturated heterocycles. The molecule has 0 amide bonds. The van der Waals surface area contributed by atoms with Crippen molar-refractivity contribution in [3.8, 4) is 0 Å². The van der Waals surface area contributed by atoms with E-state index in [2.05, 4.69) is 41.9 Å². The van der Waals surface area contributed by atoms with Gasteiger partial charge in [-0.2, -0.15) is 0 Å². The van der Waals surface area contributed by atoms with Crippen molar-refractivity contribution in [3.05, 3.63) is 14.3 Å². The summed E-state index contributed by atoms with van der Waals surface area (Å²) in [4.78, 5) is 0. The molecule has 0 spiro atoms. The lowest BCUT2D eigenvalue weighted by atomic mass is 10.6. The number of halogens is 3. The van der Waals surface area contributed by atoms with Crippen molar-refractivity contribution in [1.82, 2.24) is 10.0 Å². The zero-order valence-corrected chi connectivity index (χ0v) is 14.6. The number of thiophene rings is 1. The van der Waals surface area contributed by atoms with Crippen LogP contribution in [0.1, 0.15) is 6.92 Å². The minimum Gasteiger partial charge on any atom is -0.316 e. The molecule has 0 radical (unpaired) electrons. The monoisotopic (exact) mass is 426 g/mol. The smallest absolute Gasteiger partial charge is 0.251 e. The van der Waals surface area contributed by atoms with E-state index in [0.29, 0.717) is 21.8 Å². The third kappa shape index (κ3) is 5.14. The van der Waals surface area contributed by atoms with Crippen LogP contribution in [0, 0.1) is 0 Å². The van der Waals surface area contributed by atoms with Crippen LogP contribution in [0.2, 0.25) is 0 Å². The molecule has 0 bridgehead atoms. The van der Waals surface area contributed by atoms with Gasteiger partial charge in [0.05, 0.1) is 4.47 Å². The van der Waals surface area contributed by atoms with E-state index in [-0.39, 0.29) is 12.4 Å². The fourth-order valence-electron chi connectivity index (χ4n) is 1.00. The third-order valence-electron chi connectivity index (χ3n) is 1.75. The summed E-state index contributed by atoms with van der Waals surface area (Å²) in [6.45, 7) is 3.81. The van der Waals surface area contributed by atoms with Crippen molar-refractivity contribution in [3.63, 3.8) is 0 Å². The Bertz CT molecular complexity index is 450. The molecular weight excluding hydrogens is 415 g/mol. The highest BCUT2D eigenvalue weighted by molar-refractivity contribution is 9.13. The van der Waals surface area contributed by atoms with Gasteiger partial charge in [-0.1, -0.05) is 6.92 Å². The van der Waals surface area contributed by atoms with E-state index < -0.39 is 10.0 Å². The Labute approximate surface area is 128 Å². The first-order chi connectivity index (χ1) is 7.49. The summed E-state index contributed by atoms with van der Waals surface area (Å²) in [6.07, 6.45) is 0. The molecule has 1 rings (SSSR count). The van der Waals surface area contributed by atoms with E-state index >= 15 is 0 Å². The molecule has 100 valence electrons. The maximum absolute atomic E-state index is 11.9. The lowest BCUT2D eigenvalue weighted by molar-refractivity contribution is 0.579. The second-order valence-corrected chi connectivity index (χ2v) is 7.43. The molecule has 0 fully saturated rings. The molecule has 1 aromatic rings. The van der Waals surface area contributed by atoms with Gasteiger partial charge >= 0.3 is 0 Å². The van der Waals surface area contributed by atoms with Crippen molar-refractivity contribution < 1.29 is 8.42 Å². The van der Waals surface area contributed by atoms with E-state index in [9.17, 15) is 8.42 Å². The first kappa shape index (κ1) is 17.8. The van der Waals surface area contributed by atoms with E-state index in [1.807, 2.05) is 6.92 Å². The van der Waals surface area contributed by atoms with Gasteiger partial charge < -0.3 is 5.32 Å². The average Bonchev–Trinajstić information content (AvgIpc) is 2.55. The molecule has 17 heavy (non-hydrogen) atoms. The Hall–Kier alpha value is 0.820. The molecule has 0 aliphatic carbocycles. The Morgan fingerprint density at radius 2 is 2.00 bits per heavy atom. The first-order valence-electron chi connectivity index (χ1n) is 4.62. The van der Waals surface area contributed by atoms with Crippen molar-refractivity contribution >= 4 is 65.6 Å². The van der Waals surface area contributed by atoms with Gasteiger partial charge in [-0.25, -0.2) is 13.1 Å². The zero-order chi connectivity index (χ0) is 12.2. The molecule has 0 aliphatic rings. The van der Waals surface area contributed by atoms with Crippen LogP contribution in [0.5, 0.6) is 0 Å². The van der Waals surface area contributed by atoms with Gasteiger partial charge in [0.15, 0.2) is 0 Å². The average molecular weight is 429 g/mol. The van der Waals surface area contributed by atoms with Crippen molar-refractivity contribution in [2.24, 2.45) is 0 Å². The summed E-state index contributed by atoms with van der Waals surface area (Å²) in [5.74, 6) is 0. The van der Waals surface area contributed by atoms with E-state index in [1.54, 1.807) is 5.38 Å². The molecule has 0 aliphatic heterocycles. The van der Waals surface area contributed by atoms with Crippen LogP contribution < -0.4 is 10.0 Å². The molecule has 0 unspecified atom stereocenters. The second kappa shape index (κ2) is 8.08. The largest absolute Gasteiger partial charge is 0.316 e.